The average molecular weight is 330 g/mol. The minimum atomic E-state index is 0.130. The number of carbonyl (C=O) groups excluding carboxylic acids is 1. The Morgan fingerprint density at radius 1 is 1.30 bits per heavy atom. The van der Waals surface area contributed by atoms with Gasteiger partial charge in [0.05, 0.1) is 18.3 Å². The molecule has 0 radical (unpaired) electrons. The molecule has 1 aliphatic heterocycles. The Bertz CT molecular complexity index is 666. The predicted octanol–water partition coefficient (Wildman–Crippen LogP) is 3.87. The van der Waals surface area contributed by atoms with Crippen molar-refractivity contribution < 1.29 is 9.53 Å². The maximum atomic E-state index is 12.8. The maximum absolute atomic E-state index is 12.8. The number of carbonyl (C=O) groups is 1. The van der Waals surface area contributed by atoms with Gasteiger partial charge in [-0.2, -0.15) is 0 Å². The van der Waals surface area contributed by atoms with Crippen molar-refractivity contribution in [1.29, 1.82) is 0 Å². The number of ether oxygens (including phenoxy) is 1. The zero-order valence-electron chi connectivity index (χ0n) is 13.6. The zero-order valence-corrected chi connectivity index (χ0v) is 14.4. The van der Waals surface area contributed by atoms with E-state index in [0.29, 0.717) is 5.92 Å². The van der Waals surface area contributed by atoms with Crippen LogP contribution in [0.25, 0.3) is 0 Å². The zero-order chi connectivity index (χ0) is 16.2. The third kappa shape index (κ3) is 3.55. The minimum Gasteiger partial charge on any atom is -0.497 e. The largest absolute Gasteiger partial charge is 0.497 e. The highest BCUT2D eigenvalue weighted by atomic mass is 32.1. The standard InChI is InChI=1S/C18H22N2O2S/c1-13-17(23-12-19-13)18(21)20-10-4-3-5-15(11-20)14-6-8-16(22-2)9-7-14/h6-9,12,15H,3-5,10-11H2,1-2H3/t15-/m1/s1. The lowest BCUT2D eigenvalue weighted by Crippen LogP contribution is -2.34. The van der Waals surface area contributed by atoms with Gasteiger partial charge in [0, 0.05) is 19.0 Å². The number of amides is 1. The number of benzene rings is 1. The van der Waals surface area contributed by atoms with Gasteiger partial charge in [0.25, 0.3) is 5.91 Å². The van der Waals surface area contributed by atoms with Gasteiger partial charge in [0.1, 0.15) is 10.6 Å². The van der Waals surface area contributed by atoms with Crippen molar-refractivity contribution in [2.45, 2.75) is 32.1 Å². The van der Waals surface area contributed by atoms with E-state index < -0.39 is 0 Å². The molecule has 0 saturated carbocycles. The normalized spacial score (nSPS) is 18.5. The molecule has 0 bridgehead atoms. The van der Waals surface area contributed by atoms with Gasteiger partial charge in [-0.05, 0) is 37.5 Å². The predicted molar refractivity (Wildman–Crippen MR) is 92.3 cm³/mol. The molecule has 1 fully saturated rings. The fraction of sp³-hybridized carbons (Fsp3) is 0.444. The molecule has 2 heterocycles. The third-order valence-electron chi connectivity index (χ3n) is 4.49. The number of hydrogen-bond acceptors (Lipinski definition) is 4. The van der Waals surface area contributed by atoms with E-state index in [1.54, 1.807) is 12.6 Å². The molecular weight excluding hydrogens is 308 g/mol. The smallest absolute Gasteiger partial charge is 0.265 e. The van der Waals surface area contributed by atoms with Crippen molar-refractivity contribution in [1.82, 2.24) is 9.88 Å². The van der Waals surface area contributed by atoms with Crippen LogP contribution in [-0.2, 0) is 0 Å². The van der Waals surface area contributed by atoms with Gasteiger partial charge in [-0.1, -0.05) is 18.6 Å². The second-order valence-electron chi connectivity index (χ2n) is 5.98. The molecular formula is C18H22N2O2S. The topological polar surface area (TPSA) is 42.4 Å². The van der Waals surface area contributed by atoms with E-state index in [2.05, 4.69) is 17.1 Å². The third-order valence-corrected chi connectivity index (χ3v) is 5.40. The van der Waals surface area contributed by atoms with Gasteiger partial charge in [0.2, 0.25) is 0 Å². The Balaban J connectivity index is 1.77. The van der Waals surface area contributed by atoms with Gasteiger partial charge in [-0.15, -0.1) is 11.3 Å². The summed E-state index contributed by atoms with van der Waals surface area (Å²) < 4.78 is 5.23. The summed E-state index contributed by atoms with van der Waals surface area (Å²) in [5.74, 6) is 1.39. The van der Waals surface area contributed by atoms with E-state index in [4.69, 9.17) is 4.74 Å². The fourth-order valence-corrected chi connectivity index (χ4v) is 3.89. The molecule has 1 aliphatic rings. The van der Waals surface area contributed by atoms with E-state index in [0.717, 1.165) is 48.7 Å². The Labute approximate surface area is 141 Å². The van der Waals surface area contributed by atoms with Crippen LogP contribution in [0.3, 0.4) is 0 Å². The molecule has 1 amide bonds. The lowest BCUT2D eigenvalue weighted by molar-refractivity contribution is 0.0758. The van der Waals surface area contributed by atoms with Gasteiger partial charge in [0.15, 0.2) is 0 Å². The number of thiazole rings is 1. The molecule has 1 aromatic heterocycles. The van der Waals surface area contributed by atoms with Crippen molar-refractivity contribution >= 4 is 17.2 Å². The van der Waals surface area contributed by atoms with Gasteiger partial charge in [-0.25, -0.2) is 4.98 Å². The lowest BCUT2D eigenvalue weighted by Gasteiger charge is -2.24. The van der Waals surface area contributed by atoms with Gasteiger partial charge >= 0.3 is 0 Å². The highest BCUT2D eigenvalue weighted by Crippen LogP contribution is 2.29. The number of likely N-dealkylation sites (tertiary alicyclic amines) is 1. The van der Waals surface area contributed by atoms with Crippen molar-refractivity contribution in [3.8, 4) is 5.75 Å². The number of aryl methyl sites for hydroxylation is 1. The SMILES string of the molecule is COc1ccc([C@@H]2CCCCN(C(=O)c3scnc3C)C2)cc1. The van der Waals surface area contributed by atoms with Crippen molar-refractivity contribution in [3.05, 3.63) is 45.9 Å². The maximum Gasteiger partial charge on any atom is 0.265 e. The summed E-state index contributed by atoms with van der Waals surface area (Å²) in [6.07, 6.45) is 3.34. The number of rotatable bonds is 3. The molecule has 0 spiro atoms. The summed E-state index contributed by atoms with van der Waals surface area (Å²) in [6, 6.07) is 8.24. The van der Waals surface area contributed by atoms with Crippen LogP contribution in [-0.4, -0.2) is 36.0 Å². The molecule has 0 unspecified atom stereocenters. The van der Waals surface area contributed by atoms with Crippen LogP contribution in [0.15, 0.2) is 29.8 Å². The lowest BCUT2D eigenvalue weighted by atomic mass is 9.94. The minimum absolute atomic E-state index is 0.130. The number of hydrogen-bond donors (Lipinski definition) is 0. The number of nitrogens with zero attached hydrogens (tertiary/aromatic N) is 2. The quantitative estimate of drug-likeness (QED) is 0.858. The van der Waals surface area contributed by atoms with E-state index >= 15 is 0 Å². The fourth-order valence-electron chi connectivity index (χ4n) is 3.13. The molecule has 2 aromatic rings. The molecule has 1 aromatic carbocycles. The second-order valence-corrected chi connectivity index (χ2v) is 6.84. The summed E-state index contributed by atoms with van der Waals surface area (Å²) in [4.78, 5) is 19.8. The second kappa shape index (κ2) is 7.13. The van der Waals surface area contributed by atoms with Crippen LogP contribution in [0, 0.1) is 6.92 Å². The molecule has 4 nitrogen and oxygen atoms in total. The Kier molecular flexibility index (Phi) is 4.96. The van der Waals surface area contributed by atoms with Gasteiger partial charge in [-0.3, -0.25) is 4.79 Å². The summed E-state index contributed by atoms with van der Waals surface area (Å²) in [6.45, 7) is 3.52. The highest BCUT2D eigenvalue weighted by molar-refractivity contribution is 7.11. The van der Waals surface area contributed by atoms with Crippen LogP contribution in [0.4, 0.5) is 0 Å². The summed E-state index contributed by atoms with van der Waals surface area (Å²) >= 11 is 1.44. The van der Waals surface area contributed by atoms with E-state index in [-0.39, 0.29) is 5.91 Å². The van der Waals surface area contributed by atoms with Crippen LogP contribution in [0.2, 0.25) is 0 Å². The average Bonchev–Trinajstić information content (AvgIpc) is 2.86. The Morgan fingerprint density at radius 2 is 2.09 bits per heavy atom. The van der Waals surface area contributed by atoms with Gasteiger partial charge < -0.3 is 9.64 Å². The van der Waals surface area contributed by atoms with Crippen molar-refractivity contribution in [2.75, 3.05) is 20.2 Å². The van der Waals surface area contributed by atoms with Crippen LogP contribution < -0.4 is 4.74 Å². The number of aromatic nitrogens is 1. The van der Waals surface area contributed by atoms with Crippen molar-refractivity contribution in [2.24, 2.45) is 0 Å². The van der Waals surface area contributed by atoms with E-state index in [1.807, 2.05) is 24.0 Å². The summed E-state index contributed by atoms with van der Waals surface area (Å²) in [5, 5.41) is 0. The molecule has 0 aliphatic carbocycles. The molecule has 1 atom stereocenters. The van der Waals surface area contributed by atoms with Crippen molar-refractivity contribution in [3.63, 3.8) is 0 Å². The monoisotopic (exact) mass is 330 g/mol. The number of methoxy groups -OCH3 is 1. The van der Waals surface area contributed by atoms with Crippen LogP contribution in [0.1, 0.15) is 46.1 Å². The molecule has 23 heavy (non-hydrogen) atoms. The molecule has 122 valence electrons. The van der Waals surface area contributed by atoms with E-state index in [9.17, 15) is 4.79 Å². The molecule has 5 heteroatoms. The first-order valence-electron chi connectivity index (χ1n) is 8.02. The van der Waals surface area contributed by atoms with Crippen LogP contribution >= 0.6 is 11.3 Å². The first kappa shape index (κ1) is 16.0. The Morgan fingerprint density at radius 3 is 2.74 bits per heavy atom. The Hall–Kier alpha value is -1.88. The molecule has 1 saturated heterocycles. The van der Waals surface area contributed by atoms with Crippen LogP contribution in [0.5, 0.6) is 5.75 Å². The summed E-state index contributed by atoms with van der Waals surface area (Å²) in [7, 11) is 1.68. The first-order chi connectivity index (χ1) is 11.2. The molecule has 0 N–H and O–H groups in total. The summed E-state index contributed by atoms with van der Waals surface area (Å²) in [5.41, 5.74) is 3.87. The van der Waals surface area contributed by atoms with E-state index in [1.165, 1.54) is 16.9 Å². The molecule has 3 rings (SSSR count). The first-order valence-corrected chi connectivity index (χ1v) is 8.90. The highest BCUT2D eigenvalue weighted by Gasteiger charge is 2.25.